The molecule has 1 fully saturated rings. The van der Waals surface area contributed by atoms with E-state index in [0.717, 1.165) is 43.8 Å². The summed E-state index contributed by atoms with van der Waals surface area (Å²) in [5.74, 6) is -0.656. The molecule has 33 heavy (non-hydrogen) atoms. The maximum absolute atomic E-state index is 13.0. The number of para-hydroxylation sites is 1. The van der Waals surface area contributed by atoms with Crippen molar-refractivity contribution in [3.05, 3.63) is 52.7 Å². The molecule has 2 aromatic heterocycles. The first kappa shape index (κ1) is 19.1. The van der Waals surface area contributed by atoms with Crippen LogP contribution in [0.2, 0.25) is 0 Å². The Labute approximate surface area is 189 Å². The van der Waals surface area contributed by atoms with Crippen LogP contribution in [0.4, 0.5) is 0 Å². The SMILES string of the molecule is CC1(C)OCC(Cn2c3ccccc3c3c4c(c5c6c([nH]c5c32)C(=O)CC=C6)C(=O)NC4)O1. The number of benzene rings is 2. The normalized spacial score (nSPS) is 21.3. The maximum atomic E-state index is 13.0. The molecule has 1 unspecified atom stereocenters. The lowest BCUT2D eigenvalue weighted by Gasteiger charge is -2.18. The number of carbonyl (C=O) groups excluding carboxylic acids is 2. The molecule has 1 saturated heterocycles. The molecule has 7 rings (SSSR count). The van der Waals surface area contributed by atoms with Gasteiger partial charge in [0.15, 0.2) is 11.6 Å². The molecule has 2 aromatic carbocycles. The van der Waals surface area contributed by atoms with Gasteiger partial charge in [-0.2, -0.15) is 0 Å². The summed E-state index contributed by atoms with van der Waals surface area (Å²) in [4.78, 5) is 29.2. The number of nitrogens with one attached hydrogen (secondary N) is 2. The van der Waals surface area contributed by atoms with Crippen LogP contribution in [-0.4, -0.2) is 39.7 Å². The minimum Gasteiger partial charge on any atom is -0.350 e. The Morgan fingerprint density at radius 2 is 2.03 bits per heavy atom. The summed E-state index contributed by atoms with van der Waals surface area (Å²) in [6.07, 6.45) is 4.11. The number of hydrogen-bond donors (Lipinski definition) is 2. The van der Waals surface area contributed by atoms with Crippen molar-refractivity contribution in [2.75, 3.05) is 6.61 Å². The molecule has 4 aromatic rings. The second-order valence-corrected chi connectivity index (χ2v) is 9.53. The molecule has 7 heteroatoms. The minimum absolute atomic E-state index is 0.0425. The summed E-state index contributed by atoms with van der Waals surface area (Å²) < 4.78 is 14.3. The lowest BCUT2D eigenvalue weighted by atomic mass is 9.94. The summed E-state index contributed by atoms with van der Waals surface area (Å²) in [6.45, 7) is 5.45. The maximum Gasteiger partial charge on any atom is 0.252 e. The standard InChI is InChI=1S/C26H23N3O4/c1-26(2)32-12-13(33-26)11-29-17-8-4-3-6-14(17)19-16-10-27-25(31)21(16)20-15-7-5-9-18(30)22(15)28-23(20)24(19)29/h3-8,13,28H,9-12H2,1-2H3,(H,27,31). The quantitative estimate of drug-likeness (QED) is 0.487. The monoisotopic (exact) mass is 441 g/mol. The second-order valence-electron chi connectivity index (χ2n) is 9.53. The van der Waals surface area contributed by atoms with Crippen molar-refractivity contribution >= 4 is 50.5 Å². The van der Waals surface area contributed by atoms with Crippen molar-refractivity contribution in [2.24, 2.45) is 0 Å². The molecule has 7 nitrogen and oxygen atoms in total. The van der Waals surface area contributed by atoms with Gasteiger partial charge in [0.05, 0.1) is 35.4 Å². The number of ketones is 1. The molecule has 0 bridgehead atoms. The Morgan fingerprint density at radius 1 is 1.18 bits per heavy atom. The lowest BCUT2D eigenvalue weighted by molar-refractivity contribution is -0.139. The zero-order chi connectivity index (χ0) is 22.5. The number of fused-ring (bicyclic) bond motifs is 10. The molecular formula is C26H23N3O4. The number of hydrogen-bond acceptors (Lipinski definition) is 4. The molecule has 2 aliphatic heterocycles. The molecule has 1 aliphatic carbocycles. The van der Waals surface area contributed by atoms with Crippen molar-refractivity contribution in [3.8, 4) is 0 Å². The molecule has 0 saturated carbocycles. The highest BCUT2D eigenvalue weighted by Gasteiger charge is 2.36. The highest BCUT2D eigenvalue weighted by molar-refractivity contribution is 6.28. The molecule has 0 spiro atoms. The van der Waals surface area contributed by atoms with Gasteiger partial charge in [-0.1, -0.05) is 30.4 Å². The van der Waals surface area contributed by atoms with Crippen molar-refractivity contribution < 1.29 is 19.1 Å². The van der Waals surface area contributed by atoms with Gasteiger partial charge in [0.2, 0.25) is 0 Å². The molecular weight excluding hydrogens is 418 g/mol. The molecule has 0 radical (unpaired) electrons. The van der Waals surface area contributed by atoms with Gasteiger partial charge in [0.25, 0.3) is 5.91 Å². The third-order valence-electron chi connectivity index (χ3n) is 7.07. The highest BCUT2D eigenvalue weighted by Crippen LogP contribution is 2.44. The molecule has 2 N–H and O–H groups in total. The average molecular weight is 441 g/mol. The zero-order valence-electron chi connectivity index (χ0n) is 18.5. The largest absolute Gasteiger partial charge is 0.350 e. The fraction of sp³-hybridized carbons (Fsp3) is 0.308. The second kappa shape index (κ2) is 6.34. The van der Waals surface area contributed by atoms with E-state index < -0.39 is 5.79 Å². The number of aromatic amines is 1. The number of ether oxygens (including phenoxy) is 2. The van der Waals surface area contributed by atoms with Crippen molar-refractivity contribution in [3.63, 3.8) is 0 Å². The molecule has 1 amide bonds. The van der Waals surface area contributed by atoms with Crippen LogP contribution in [0, 0.1) is 0 Å². The smallest absolute Gasteiger partial charge is 0.252 e. The Bertz CT molecular complexity index is 1570. The highest BCUT2D eigenvalue weighted by atomic mass is 16.7. The number of H-pyrrole nitrogens is 1. The number of carbonyl (C=O) groups is 2. The van der Waals surface area contributed by atoms with Gasteiger partial charge in [-0.3, -0.25) is 9.59 Å². The molecule has 166 valence electrons. The third-order valence-corrected chi connectivity index (χ3v) is 7.07. The van der Waals surface area contributed by atoms with E-state index in [9.17, 15) is 9.59 Å². The first-order valence-corrected chi connectivity index (χ1v) is 11.3. The van der Waals surface area contributed by atoms with Crippen LogP contribution in [0.3, 0.4) is 0 Å². The van der Waals surface area contributed by atoms with Crippen molar-refractivity contribution in [2.45, 2.75) is 45.2 Å². The number of amides is 1. The Morgan fingerprint density at radius 3 is 2.85 bits per heavy atom. The molecule has 4 heterocycles. The molecule has 1 atom stereocenters. The third kappa shape index (κ3) is 2.52. The zero-order valence-corrected chi connectivity index (χ0v) is 18.5. The van der Waals surface area contributed by atoms with E-state index in [4.69, 9.17) is 9.47 Å². The predicted octanol–water partition coefficient (Wildman–Crippen LogP) is 4.27. The predicted molar refractivity (Wildman–Crippen MR) is 125 cm³/mol. The van der Waals surface area contributed by atoms with E-state index in [-0.39, 0.29) is 17.8 Å². The molecule has 3 aliphatic rings. The average Bonchev–Trinajstić information content (AvgIpc) is 3.52. The lowest BCUT2D eigenvalue weighted by Crippen LogP contribution is -2.24. The van der Waals surface area contributed by atoms with E-state index in [2.05, 4.69) is 27.0 Å². The van der Waals surface area contributed by atoms with Gasteiger partial charge in [-0.15, -0.1) is 0 Å². The van der Waals surface area contributed by atoms with E-state index in [1.54, 1.807) is 0 Å². The van der Waals surface area contributed by atoms with Gasteiger partial charge >= 0.3 is 0 Å². The fourth-order valence-electron chi connectivity index (χ4n) is 5.80. The van der Waals surface area contributed by atoms with Crippen molar-refractivity contribution in [1.29, 1.82) is 0 Å². The fourth-order valence-corrected chi connectivity index (χ4v) is 5.80. The summed E-state index contributed by atoms with van der Waals surface area (Å²) in [7, 11) is 0. The van der Waals surface area contributed by atoms with Crippen LogP contribution in [0.1, 0.15) is 52.2 Å². The topological polar surface area (TPSA) is 85.4 Å². The van der Waals surface area contributed by atoms with Gasteiger partial charge < -0.3 is 24.3 Å². The summed E-state index contributed by atoms with van der Waals surface area (Å²) >= 11 is 0. The summed E-state index contributed by atoms with van der Waals surface area (Å²) in [5, 5.41) is 6.00. The van der Waals surface area contributed by atoms with Crippen molar-refractivity contribution in [1.82, 2.24) is 14.9 Å². The number of Topliss-reactive ketones (excluding diaryl/α,β-unsaturated/α-hetero) is 1. The Hall–Kier alpha value is -3.42. The number of allylic oxidation sites excluding steroid dienone is 1. The summed E-state index contributed by atoms with van der Waals surface area (Å²) in [5.41, 5.74) is 5.98. The van der Waals surface area contributed by atoms with E-state index in [0.29, 0.717) is 37.4 Å². The first-order valence-electron chi connectivity index (χ1n) is 11.3. The Balaban J connectivity index is 1.62. The van der Waals surface area contributed by atoms with Crippen LogP contribution in [0.5, 0.6) is 0 Å². The van der Waals surface area contributed by atoms with E-state index in [1.165, 1.54) is 0 Å². The van der Waals surface area contributed by atoms with Crippen LogP contribution in [-0.2, 0) is 22.6 Å². The number of aromatic nitrogens is 2. The van der Waals surface area contributed by atoms with Crippen LogP contribution in [0.15, 0.2) is 30.3 Å². The van der Waals surface area contributed by atoms with Crippen LogP contribution >= 0.6 is 0 Å². The minimum atomic E-state index is -0.612. The van der Waals surface area contributed by atoms with Crippen LogP contribution < -0.4 is 5.32 Å². The van der Waals surface area contributed by atoms with E-state index >= 15 is 0 Å². The first-order chi connectivity index (χ1) is 15.9. The van der Waals surface area contributed by atoms with Gasteiger partial charge in [-0.25, -0.2) is 0 Å². The Kier molecular flexibility index (Phi) is 3.66. The van der Waals surface area contributed by atoms with Gasteiger partial charge in [-0.05, 0) is 25.5 Å². The van der Waals surface area contributed by atoms with Crippen LogP contribution in [0.25, 0.3) is 38.8 Å². The number of rotatable bonds is 2. The van der Waals surface area contributed by atoms with Gasteiger partial charge in [0.1, 0.15) is 6.10 Å². The number of nitrogens with zero attached hydrogens (tertiary/aromatic N) is 1. The summed E-state index contributed by atoms with van der Waals surface area (Å²) in [6, 6.07) is 8.26. The van der Waals surface area contributed by atoms with Gasteiger partial charge in [0, 0.05) is 40.2 Å². The van der Waals surface area contributed by atoms with E-state index in [1.807, 2.05) is 38.1 Å².